The van der Waals surface area contributed by atoms with Crippen LogP contribution in [0.2, 0.25) is 0 Å². The standard InChI is InChI=1S/C11H15N5O2/c1-7-10(18)9(8(6-17)4-14-7)5-15-16-11-12-2-3-13-11/h4-5,17-18H,2-3,6H2,1H3,(H2,12,13,16)/b15-5+. The number of aliphatic imine (C=N–C) groups is 1. The minimum Gasteiger partial charge on any atom is -0.505 e. The molecule has 7 nitrogen and oxygen atoms in total. The van der Waals surface area contributed by atoms with E-state index in [-0.39, 0.29) is 12.4 Å². The third-order valence-corrected chi connectivity index (χ3v) is 2.57. The second kappa shape index (κ2) is 5.46. The summed E-state index contributed by atoms with van der Waals surface area (Å²) in [5.74, 6) is 0.621. The molecule has 0 atom stereocenters. The van der Waals surface area contributed by atoms with E-state index >= 15 is 0 Å². The van der Waals surface area contributed by atoms with Gasteiger partial charge in [-0.25, -0.2) is 10.4 Å². The minimum absolute atomic E-state index is 0.0217. The molecule has 0 saturated carbocycles. The van der Waals surface area contributed by atoms with E-state index in [2.05, 4.69) is 25.8 Å². The fourth-order valence-electron chi connectivity index (χ4n) is 1.55. The van der Waals surface area contributed by atoms with Gasteiger partial charge >= 0.3 is 0 Å². The first-order valence-electron chi connectivity index (χ1n) is 5.58. The summed E-state index contributed by atoms with van der Waals surface area (Å²) in [6.07, 6.45) is 2.96. The number of aliphatic hydroxyl groups excluding tert-OH is 1. The number of rotatable bonds is 3. The van der Waals surface area contributed by atoms with Crippen LogP contribution in [0.3, 0.4) is 0 Å². The molecule has 4 N–H and O–H groups in total. The van der Waals surface area contributed by atoms with Gasteiger partial charge in [-0.05, 0) is 6.92 Å². The number of hydrogen-bond acceptors (Lipinski definition) is 7. The summed E-state index contributed by atoms with van der Waals surface area (Å²) in [5, 5.41) is 26.0. The highest BCUT2D eigenvalue weighted by Gasteiger charge is 2.09. The van der Waals surface area contributed by atoms with Crippen LogP contribution in [0, 0.1) is 6.92 Å². The van der Waals surface area contributed by atoms with E-state index in [1.54, 1.807) is 6.92 Å². The fourth-order valence-corrected chi connectivity index (χ4v) is 1.55. The van der Waals surface area contributed by atoms with E-state index < -0.39 is 0 Å². The number of aliphatic hydroxyl groups is 1. The molecule has 0 spiro atoms. The van der Waals surface area contributed by atoms with Crippen LogP contribution in [0.5, 0.6) is 5.75 Å². The van der Waals surface area contributed by atoms with Crippen molar-refractivity contribution >= 4 is 12.2 Å². The lowest BCUT2D eigenvalue weighted by molar-refractivity contribution is 0.280. The zero-order valence-electron chi connectivity index (χ0n) is 10.0. The topological polar surface area (TPSA) is 102 Å². The fraction of sp³-hybridized carbons (Fsp3) is 0.364. The molecule has 0 bridgehead atoms. The molecule has 2 heterocycles. The second-order valence-electron chi connectivity index (χ2n) is 3.82. The lowest BCUT2D eigenvalue weighted by Gasteiger charge is -2.07. The van der Waals surface area contributed by atoms with E-state index in [0.29, 0.717) is 22.8 Å². The van der Waals surface area contributed by atoms with Gasteiger partial charge in [0.2, 0.25) is 5.96 Å². The summed E-state index contributed by atoms with van der Waals surface area (Å²) >= 11 is 0. The summed E-state index contributed by atoms with van der Waals surface area (Å²) < 4.78 is 0. The van der Waals surface area contributed by atoms with Crippen molar-refractivity contribution in [3.63, 3.8) is 0 Å². The van der Waals surface area contributed by atoms with Crippen LogP contribution >= 0.6 is 0 Å². The Hall–Kier alpha value is -2.15. The number of hydrogen-bond donors (Lipinski definition) is 4. The lowest BCUT2D eigenvalue weighted by atomic mass is 10.1. The molecule has 96 valence electrons. The Kier molecular flexibility index (Phi) is 3.73. The van der Waals surface area contributed by atoms with Gasteiger partial charge in [0.1, 0.15) is 5.75 Å². The second-order valence-corrected chi connectivity index (χ2v) is 3.82. The van der Waals surface area contributed by atoms with Gasteiger partial charge in [0.15, 0.2) is 0 Å². The molecule has 1 aliphatic heterocycles. The van der Waals surface area contributed by atoms with Crippen molar-refractivity contribution in [2.75, 3.05) is 13.1 Å². The maximum Gasteiger partial charge on any atom is 0.212 e. The molecule has 1 aromatic rings. The van der Waals surface area contributed by atoms with Gasteiger partial charge in [-0.3, -0.25) is 4.98 Å². The Bertz CT molecular complexity index is 498. The third kappa shape index (κ3) is 2.57. The molecule has 18 heavy (non-hydrogen) atoms. The van der Waals surface area contributed by atoms with Crippen LogP contribution in [-0.4, -0.2) is 40.5 Å². The molecule has 0 amide bonds. The Morgan fingerprint density at radius 3 is 3.11 bits per heavy atom. The number of hydrazone groups is 1. The summed E-state index contributed by atoms with van der Waals surface area (Å²) in [6.45, 7) is 2.99. The lowest BCUT2D eigenvalue weighted by Crippen LogP contribution is -2.30. The number of guanidine groups is 1. The summed E-state index contributed by atoms with van der Waals surface area (Å²) in [6, 6.07) is 0. The predicted molar refractivity (Wildman–Crippen MR) is 67.6 cm³/mol. The number of nitrogens with zero attached hydrogens (tertiary/aromatic N) is 3. The van der Waals surface area contributed by atoms with E-state index in [1.165, 1.54) is 12.4 Å². The zero-order chi connectivity index (χ0) is 13.0. The van der Waals surface area contributed by atoms with Crippen LogP contribution in [-0.2, 0) is 6.61 Å². The van der Waals surface area contributed by atoms with Gasteiger partial charge in [0, 0.05) is 23.9 Å². The molecule has 1 aromatic heterocycles. The smallest absolute Gasteiger partial charge is 0.212 e. The average molecular weight is 249 g/mol. The molecule has 0 aromatic carbocycles. The molecular weight excluding hydrogens is 234 g/mol. The van der Waals surface area contributed by atoms with Crippen LogP contribution in [0.4, 0.5) is 0 Å². The number of aryl methyl sites for hydroxylation is 1. The first kappa shape index (κ1) is 12.3. The molecule has 2 rings (SSSR count). The molecule has 0 fully saturated rings. The van der Waals surface area contributed by atoms with E-state index in [9.17, 15) is 10.2 Å². The van der Waals surface area contributed by atoms with Crippen molar-refractivity contribution in [1.29, 1.82) is 0 Å². The maximum atomic E-state index is 9.86. The monoisotopic (exact) mass is 249 g/mol. The van der Waals surface area contributed by atoms with Crippen LogP contribution in [0.1, 0.15) is 16.8 Å². The third-order valence-electron chi connectivity index (χ3n) is 2.57. The highest BCUT2D eigenvalue weighted by molar-refractivity contribution is 5.87. The molecule has 1 aliphatic rings. The quantitative estimate of drug-likeness (QED) is 0.426. The van der Waals surface area contributed by atoms with Gasteiger partial charge in [0.05, 0.1) is 25.1 Å². The van der Waals surface area contributed by atoms with Crippen LogP contribution in [0.15, 0.2) is 16.3 Å². The number of aromatic nitrogens is 1. The summed E-state index contributed by atoms with van der Waals surface area (Å²) in [7, 11) is 0. The van der Waals surface area contributed by atoms with Crippen molar-refractivity contribution in [3.05, 3.63) is 23.0 Å². The molecule has 0 unspecified atom stereocenters. The Morgan fingerprint density at radius 2 is 2.44 bits per heavy atom. The molecular formula is C11H15N5O2. The van der Waals surface area contributed by atoms with E-state index in [0.717, 1.165) is 13.1 Å². The van der Waals surface area contributed by atoms with Gasteiger partial charge in [-0.2, -0.15) is 5.10 Å². The number of pyridine rings is 1. The van der Waals surface area contributed by atoms with Crippen molar-refractivity contribution in [1.82, 2.24) is 15.7 Å². The van der Waals surface area contributed by atoms with Gasteiger partial charge in [0.25, 0.3) is 0 Å². The van der Waals surface area contributed by atoms with Gasteiger partial charge in [-0.1, -0.05) is 0 Å². The summed E-state index contributed by atoms with van der Waals surface area (Å²) in [5.41, 5.74) is 4.19. The van der Waals surface area contributed by atoms with Crippen molar-refractivity contribution in [2.45, 2.75) is 13.5 Å². The van der Waals surface area contributed by atoms with Crippen molar-refractivity contribution in [2.24, 2.45) is 10.1 Å². The van der Waals surface area contributed by atoms with E-state index in [1.807, 2.05) is 0 Å². The van der Waals surface area contributed by atoms with Crippen LogP contribution in [0.25, 0.3) is 0 Å². The highest BCUT2D eigenvalue weighted by Crippen LogP contribution is 2.21. The van der Waals surface area contributed by atoms with Gasteiger partial charge < -0.3 is 15.5 Å². The van der Waals surface area contributed by atoms with Gasteiger partial charge in [-0.15, -0.1) is 0 Å². The predicted octanol–water partition coefficient (Wildman–Crippen LogP) is -0.529. The zero-order valence-corrected chi connectivity index (χ0v) is 10.0. The van der Waals surface area contributed by atoms with E-state index in [4.69, 9.17) is 0 Å². The maximum absolute atomic E-state index is 9.86. The molecule has 0 radical (unpaired) electrons. The minimum atomic E-state index is -0.207. The SMILES string of the molecule is Cc1ncc(CO)c(/C=N/NC2=NCCN2)c1O. The normalized spacial score (nSPS) is 14.7. The molecule has 0 saturated heterocycles. The number of nitrogens with one attached hydrogen (secondary N) is 2. The summed E-state index contributed by atoms with van der Waals surface area (Å²) in [4.78, 5) is 8.07. The number of aromatic hydroxyl groups is 1. The average Bonchev–Trinajstić information content (AvgIpc) is 2.88. The molecule has 0 aliphatic carbocycles. The van der Waals surface area contributed by atoms with Crippen LogP contribution < -0.4 is 10.7 Å². The highest BCUT2D eigenvalue weighted by atomic mass is 16.3. The first-order valence-corrected chi connectivity index (χ1v) is 5.58. The Balaban J connectivity index is 2.16. The van der Waals surface area contributed by atoms with Crippen molar-refractivity contribution in [3.8, 4) is 5.75 Å². The first-order chi connectivity index (χ1) is 8.72. The largest absolute Gasteiger partial charge is 0.505 e. The Morgan fingerprint density at radius 1 is 1.61 bits per heavy atom. The molecule has 7 heteroatoms. The van der Waals surface area contributed by atoms with Crippen molar-refractivity contribution < 1.29 is 10.2 Å². The Labute approximate surface area is 104 Å².